The van der Waals surface area contributed by atoms with E-state index in [9.17, 15) is 9.59 Å². The van der Waals surface area contributed by atoms with Gasteiger partial charge in [-0.2, -0.15) is 0 Å². The minimum Gasteiger partial charge on any atom is -0.460 e. The maximum absolute atomic E-state index is 12.1. The summed E-state index contributed by atoms with van der Waals surface area (Å²) in [5.41, 5.74) is -0.324. The molecule has 0 radical (unpaired) electrons. The molecule has 1 aromatic rings. The van der Waals surface area contributed by atoms with Crippen LogP contribution in [0.3, 0.4) is 0 Å². The molecule has 5 nitrogen and oxygen atoms in total. The third kappa shape index (κ3) is 5.84. The number of carbonyl (C=O) groups is 2. The largest absolute Gasteiger partial charge is 0.460 e. The lowest BCUT2D eigenvalue weighted by molar-refractivity contribution is -0.158. The predicted octanol–water partition coefficient (Wildman–Crippen LogP) is 3.02. The lowest BCUT2D eigenvalue weighted by Crippen LogP contribution is -2.39. The molecule has 0 aliphatic carbocycles. The van der Waals surface area contributed by atoms with Crippen LogP contribution in [0.2, 0.25) is 0 Å². The number of pyridine rings is 1. The molecule has 22 heavy (non-hydrogen) atoms. The van der Waals surface area contributed by atoms with Crippen LogP contribution in [-0.4, -0.2) is 22.5 Å². The van der Waals surface area contributed by atoms with Crippen molar-refractivity contribution >= 4 is 11.9 Å². The first-order chi connectivity index (χ1) is 10.0. The Balaban J connectivity index is 2.97. The third-order valence-electron chi connectivity index (χ3n) is 3.13. The smallest absolute Gasteiger partial charge is 0.306 e. The van der Waals surface area contributed by atoms with Crippen molar-refractivity contribution < 1.29 is 14.3 Å². The lowest BCUT2D eigenvalue weighted by Gasteiger charge is -2.34. The average Bonchev–Trinajstić information content (AvgIpc) is 2.33. The van der Waals surface area contributed by atoms with Crippen molar-refractivity contribution in [3.05, 3.63) is 30.1 Å². The van der Waals surface area contributed by atoms with Gasteiger partial charge in [0.2, 0.25) is 5.91 Å². The summed E-state index contributed by atoms with van der Waals surface area (Å²) in [5.74, 6) is -0.448. The molecule has 0 saturated carbocycles. The van der Waals surface area contributed by atoms with Gasteiger partial charge in [0.1, 0.15) is 5.60 Å². The predicted molar refractivity (Wildman–Crippen MR) is 85.0 cm³/mol. The lowest BCUT2D eigenvalue weighted by atomic mass is 9.79. The highest BCUT2D eigenvalue weighted by Crippen LogP contribution is 2.36. The molecule has 0 aliphatic rings. The van der Waals surface area contributed by atoms with E-state index < -0.39 is 11.0 Å². The summed E-state index contributed by atoms with van der Waals surface area (Å²) in [7, 11) is 0. The minimum atomic E-state index is -0.526. The molecule has 1 aromatic heterocycles. The SMILES string of the molecule is CC(=O)NC(c1ccccn1)C(C)(C)CC(=O)OC(C)(C)C. The first-order valence-corrected chi connectivity index (χ1v) is 7.41. The summed E-state index contributed by atoms with van der Waals surface area (Å²) >= 11 is 0. The van der Waals surface area contributed by atoms with E-state index in [0.29, 0.717) is 0 Å². The monoisotopic (exact) mass is 306 g/mol. The Bertz CT molecular complexity index is 518. The van der Waals surface area contributed by atoms with Crippen LogP contribution in [0.5, 0.6) is 0 Å². The Labute approximate surface area is 132 Å². The number of esters is 1. The van der Waals surface area contributed by atoms with Crippen LogP contribution in [0.25, 0.3) is 0 Å². The minimum absolute atomic E-state index is 0.159. The highest BCUT2D eigenvalue weighted by Gasteiger charge is 2.36. The molecule has 5 heteroatoms. The van der Waals surface area contributed by atoms with E-state index in [2.05, 4.69) is 10.3 Å². The molecule has 1 unspecified atom stereocenters. The standard InChI is InChI=1S/C17H26N2O3/c1-12(20)19-15(13-9-7-8-10-18-13)17(5,6)11-14(21)22-16(2,3)4/h7-10,15H,11H2,1-6H3,(H,19,20). The fraction of sp³-hybridized carbons (Fsp3) is 0.588. The maximum Gasteiger partial charge on any atom is 0.306 e. The van der Waals surface area contributed by atoms with Gasteiger partial charge in [0, 0.05) is 18.5 Å². The van der Waals surface area contributed by atoms with Gasteiger partial charge >= 0.3 is 5.97 Å². The Kier molecular flexibility index (Phi) is 5.69. The van der Waals surface area contributed by atoms with Gasteiger partial charge in [0.05, 0.1) is 18.2 Å². The number of carbonyl (C=O) groups excluding carboxylic acids is 2. The van der Waals surface area contributed by atoms with E-state index in [1.54, 1.807) is 6.20 Å². The van der Waals surface area contributed by atoms with Gasteiger partial charge in [-0.05, 0) is 32.9 Å². The van der Waals surface area contributed by atoms with Gasteiger partial charge in [-0.1, -0.05) is 19.9 Å². The van der Waals surface area contributed by atoms with Crippen molar-refractivity contribution in [3.63, 3.8) is 0 Å². The molecule has 0 aromatic carbocycles. The zero-order valence-corrected chi connectivity index (χ0v) is 14.3. The molecule has 0 fully saturated rings. The maximum atomic E-state index is 12.1. The van der Waals surface area contributed by atoms with E-state index in [-0.39, 0.29) is 24.3 Å². The van der Waals surface area contributed by atoms with E-state index >= 15 is 0 Å². The van der Waals surface area contributed by atoms with Crippen molar-refractivity contribution in [1.29, 1.82) is 0 Å². The molecule has 0 saturated heterocycles. The average molecular weight is 306 g/mol. The molecule has 1 amide bonds. The number of ether oxygens (including phenoxy) is 1. The Morgan fingerprint density at radius 2 is 1.86 bits per heavy atom. The van der Waals surface area contributed by atoms with Crippen LogP contribution < -0.4 is 5.32 Å². The number of amides is 1. The number of hydrogen-bond acceptors (Lipinski definition) is 4. The van der Waals surface area contributed by atoms with Gasteiger partial charge in [-0.25, -0.2) is 0 Å². The van der Waals surface area contributed by atoms with E-state index in [4.69, 9.17) is 4.74 Å². The Morgan fingerprint density at radius 3 is 2.32 bits per heavy atom. The first-order valence-electron chi connectivity index (χ1n) is 7.41. The fourth-order valence-electron chi connectivity index (χ4n) is 2.27. The van der Waals surface area contributed by atoms with Crippen molar-refractivity contribution in [1.82, 2.24) is 10.3 Å². The topological polar surface area (TPSA) is 68.3 Å². The van der Waals surface area contributed by atoms with Crippen LogP contribution in [0.4, 0.5) is 0 Å². The van der Waals surface area contributed by atoms with Gasteiger partial charge in [-0.15, -0.1) is 0 Å². The quantitative estimate of drug-likeness (QED) is 0.849. The molecular weight excluding hydrogens is 280 g/mol. The molecule has 1 rings (SSSR count). The van der Waals surface area contributed by atoms with Crippen molar-refractivity contribution in [3.8, 4) is 0 Å². The second-order valence-electron chi connectivity index (χ2n) is 7.14. The van der Waals surface area contributed by atoms with Crippen molar-refractivity contribution in [2.24, 2.45) is 5.41 Å². The number of rotatable bonds is 5. The number of nitrogens with zero attached hydrogens (tertiary/aromatic N) is 1. The Morgan fingerprint density at radius 1 is 1.23 bits per heavy atom. The highest BCUT2D eigenvalue weighted by molar-refractivity contribution is 5.74. The summed E-state index contributed by atoms with van der Waals surface area (Å²) in [5, 5.41) is 2.90. The van der Waals surface area contributed by atoms with Crippen molar-refractivity contribution in [2.45, 2.75) is 59.6 Å². The molecule has 0 spiro atoms. The zero-order chi connectivity index (χ0) is 17.0. The van der Waals surface area contributed by atoms with Crippen LogP contribution in [0, 0.1) is 5.41 Å². The summed E-state index contributed by atoms with van der Waals surface area (Å²) in [6, 6.07) is 5.16. The normalized spacial score (nSPS) is 13.4. The molecule has 0 bridgehead atoms. The molecule has 122 valence electrons. The van der Waals surface area contributed by atoms with Crippen LogP contribution >= 0.6 is 0 Å². The van der Waals surface area contributed by atoms with Crippen LogP contribution in [0.15, 0.2) is 24.4 Å². The zero-order valence-electron chi connectivity index (χ0n) is 14.3. The van der Waals surface area contributed by atoms with Crippen molar-refractivity contribution in [2.75, 3.05) is 0 Å². The molecule has 0 aliphatic heterocycles. The molecule has 1 heterocycles. The first kappa shape index (κ1) is 18.1. The number of aromatic nitrogens is 1. The number of nitrogens with one attached hydrogen (secondary N) is 1. The molecule has 1 N–H and O–H groups in total. The van der Waals surface area contributed by atoms with Gasteiger partial charge < -0.3 is 10.1 Å². The van der Waals surface area contributed by atoms with E-state index in [1.165, 1.54) is 6.92 Å². The van der Waals surface area contributed by atoms with Gasteiger partial charge in [0.15, 0.2) is 0 Å². The second-order valence-corrected chi connectivity index (χ2v) is 7.14. The van der Waals surface area contributed by atoms with Crippen LogP contribution in [0.1, 0.15) is 59.7 Å². The van der Waals surface area contributed by atoms with Gasteiger partial charge in [0.25, 0.3) is 0 Å². The highest BCUT2D eigenvalue weighted by atomic mass is 16.6. The third-order valence-corrected chi connectivity index (χ3v) is 3.13. The van der Waals surface area contributed by atoms with E-state index in [1.807, 2.05) is 52.8 Å². The van der Waals surface area contributed by atoms with E-state index in [0.717, 1.165) is 5.69 Å². The summed E-state index contributed by atoms with van der Waals surface area (Å²) in [6.45, 7) is 10.8. The summed E-state index contributed by atoms with van der Waals surface area (Å²) in [4.78, 5) is 28.0. The Hall–Kier alpha value is -1.91. The van der Waals surface area contributed by atoms with Crippen LogP contribution in [-0.2, 0) is 14.3 Å². The molecular formula is C17H26N2O3. The summed E-state index contributed by atoms with van der Waals surface area (Å²) in [6.07, 6.45) is 1.86. The second kappa shape index (κ2) is 6.90. The molecule has 1 atom stereocenters. The number of hydrogen-bond donors (Lipinski definition) is 1. The van der Waals surface area contributed by atoms with Gasteiger partial charge in [-0.3, -0.25) is 14.6 Å². The summed E-state index contributed by atoms with van der Waals surface area (Å²) < 4.78 is 5.39. The fourth-order valence-corrected chi connectivity index (χ4v) is 2.27.